The number of fused-ring (bicyclic) bond motifs is 2. The van der Waals surface area contributed by atoms with Crippen LogP contribution in [0.25, 0.3) is 0 Å². The molecule has 2 fully saturated rings. The number of benzene rings is 1. The molecular formula is C19H27Cl. The molecule has 1 aromatic carbocycles. The van der Waals surface area contributed by atoms with E-state index in [9.17, 15) is 0 Å². The molecule has 0 amide bonds. The highest BCUT2D eigenvalue weighted by atomic mass is 35.5. The van der Waals surface area contributed by atoms with Gasteiger partial charge >= 0.3 is 0 Å². The Morgan fingerprint density at radius 3 is 2.35 bits per heavy atom. The van der Waals surface area contributed by atoms with Crippen LogP contribution in [0.1, 0.15) is 74.8 Å². The average molecular weight is 291 g/mol. The zero-order chi connectivity index (χ0) is 14.1. The Morgan fingerprint density at radius 1 is 1.10 bits per heavy atom. The third-order valence-electron chi connectivity index (χ3n) is 5.87. The van der Waals surface area contributed by atoms with Gasteiger partial charge in [-0.05, 0) is 66.9 Å². The fraction of sp³-hybridized carbons (Fsp3) is 0.684. The van der Waals surface area contributed by atoms with Gasteiger partial charge in [0, 0.05) is 0 Å². The van der Waals surface area contributed by atoms with Crippen molar-refractivity contribution in [3.8, 4) is 0 Å². The zero-order valence-electron chi connectivity index (χ0n) is 12.8. The molecule has 1 aromatic rings. The van der Waals surface area contributed by atoms with Crippen LogP contribution < -0.4 is 0 Å². The van der Waals surface area contributed by atoms with Crippen molar-refractivity contribution < 1.29 is 0 Å². The van der Waals surface area contributed by atoms with E-state index < -0.39 is 0 Å². The molecule has 0 N–H and O–H groups in total. The Balaban J connectivity index is 1.61. The maximum atomic E-state index is 6.69. The number of hydrogen-bond donors (Lipinski definition) is 0. The van der Waals surface area contributed by atoms with Gasteiger partial charge < -0.3 is 0 Å². The molecule has 0 aliphatic heterocycles. The van der Waals surface area contributed by atoms with Crippen molar-refractivity contribution >= 4 is 11.6 Å². The molecule has 2 saturated carbocycles. The van der Waals surface area contributed by atoms with Crippen LogP contribution in [0.15, 0.2) is 24.3 Å². The normalized spacial score (nSPS) is 31.4. The first-order valence-corrected chi connectivity index (χ1v) is 8.85. The van der Waals surface area contributed by atoms with E-state index in [1.54, 1.807) is 0 Å². The summed E-state index contributed by atoms with van der Waals surface area (Å²) in [5.41, 5.74) is 2.77. The molecule has 0 aromatic heterocycles. The SMILES string of the molecule is CCC(C)c1ccc(C(Cl)CC2CC3CCC2C3)cc1. The van der Waals surface area contributed by atoms with Gasteiger partial charge in [-0.2, -0.15) is 0 Å². The number of alkyl halides is 1. The van der Waals surface area contributed by atoms with E-state index in [2.05, 4.69) is 38.1 Å². The van der Waals surface area contributed by atoms with Crippen LogP contribution in [0, 0.1) is 17.8 Å². The van der Waals surface area contributed by atoms with Crippen LogP contribution in [0.5, 0.6) is 0 Å². The zero-order valence-corrected chi connectivity index (χ0v) is 13.6. The van der Waals surface area contributed by atoms with Gasteiger partial charge in [-0.1, -0.05) is 44.5 Å². The van der Waals surface area contributed by atoms with Crippen molar-refractivity contribution in [1.29, 1.82) is 0 Å². The van der Waals surface area contributed by atoms with Crippen molar-refractivity contribution in [2.75, 3.05) is 0 Å². The second kappa shape index (κ2) is 6.10. The quantitative estimate of drug-likeness (QED) is 0.558. The van der Waals surface area contributed by atoms with Crippen LogP contribution in [-0.2, 0) is 0 Å². The fourth-order valence-electron chi connectivity index (χ4n) is 4.34. The standard InChI is InChI=1S/C19H27Cl/c1-3-13(2)15-6-8-16(9-7-15)19(20)12-18-11-14-4-5-17(18)10-14/h6-9,13-14,17-19H,3-5,10-12H2,1-2H3. The smallest absolute Gasteiger partial charge is 0.0588 e. The van der Waals surface area contributed by atoms with Crippen LogP contribution in [-0.4, -0.2) is 0 Å². The van der Waals surface area contributed by atoms with Crippen LogP contribution in [0.3, 0.4) is 0 Å². The molecule has 0 spiro atoms. The molecule has 3 rings (SSSR count). The highest BCUT2D eigenvalue weighted by Crippen LogP contribution is 2.51. The number of halogens is 1. The highest BCUT2D eigenvalue weighted by molar-refractivity contribution is 6.20. The van der Waals surface area contributed by atoms with Crippen molar-refractivity contribution in [2.45, 2.75) is 63.7 Å². The predicted octanol–water partition coefficient (Wildman–Crippen LogP) is 6.31. The van der Waals surface area contributed by atoms with Gasteiger partial charge in [0.15, 0.2) is 0 Å². The summed E-state index contributed by atoms with van der Waals surface area (Å²) >= 11 is 6.69. The first-order chi connectivity index (χ1) is 9.67. The Bertz CT molecular complexity index is 436. The molecule has 0 heterocycles. The first-order valence-electron chi connectivity index (χ1n) is 8.41. The molecule has 2 aliphatic carbocycles. The van der Waals surface area contributed by atoms with Crippen molar-refractivity contribution in [3.63, 3.8) is 0 Å². The average Bonchev–Trinajstić information content (AvgIpc) is 3.09. The largest absolute Gasteiger partial charge is 0.118 e. The molecule has 2 aliphatic rings. The third-order valence-corrected chi connectivity index (χ3v) is 6.30. The minimum atomic E-state index is 0.213. The van der Waals surface area contributed by atoms with E-state index in [1.165, 1.54) is 49.7 Å². The van der Waals surface area contributed by atoms with Gasteiger partial charge in [0.1, 0.15) is 0 Å². The summed E-state index contributed by atoms with van der Waals surface area (Å²) in [7, 11) is 0. The van der Waals surface area contributed by atoms with E-state index in [1.807, 2.05) is 0 Å². The molecule has 1 heteroatoms. The summed E-state index contributed by atoms with van der Waals surface area (Å²) in [6, 6.07) is 9.07. The molecular weight excluding hydrogens is 264 g/mol. The molecule has 0 nitrogen and oxygen atoms in total. The van der Waals surface area contributed by atoms with E-state index in [4.69, 9.17) is 11.6 Å². The van der Waals surface area contributed by atoms with E-state index in [0.717, 1.165) is 17.8 Å². The lowest BCUT2D eigenvalue weighted by molar-refractivity contribution is 0.312. The van der Waals surface area contributed by atoms with Crippen molar-refractivity contribution in [1.82, 2.24) is 0 Å². The first kappa shape index (κ1) is 14.4. The van der Waals surface area contributed by atoms with Gasteiger partial charge in [-0.3, -0.25) is 0 Å². The molecule has 2 bridgehead atoms. The molecule has 5 unspecified atom stereocenters. The fourth-order valence-corrected chi connectivity index (χ4v) is 4.71. The molecule has 20 heavy (non-hydrogen) atoms. The highest BCUT2D eigenvalue weighted by Gasteiger charge is 2.39. The monoisotopic (exact) mass is 290 g/mol. The van der Waals surface area contributed by atoms with E-state index >= 15 is 0 Å². The lowest BCUT2D eigenvalue weighted by Crippen LogP contribution is -2.12. The summed E-state index contributed by atoms with van der Waals surface area (Å²) in [5.74, 6) is 3.57. The lowest BCUT2D eigenvalue weighted by Gasteiger charge is -2.24. The number of rotatable bonds is 5. The Labute approximate surface area is 128 Å². The number of hydrogen-bond acceptors (Lipinski definition) is 0. The van der Waals surface area contributed by atoms with Gasteiger partial charge in [-0.15, -0.1) is 11.6 Å². The molecule has 110 valence electrons. The Hall–Kier alpha value is -0.490. The topological polar surface area (TPSA) is 0 Å². The summed E-state index contributed by atoms with van der Waals surface area (Å²) in [6.07, 6.45) is 8.27. The van der Waals surface area contributed by atoms with E-state index in [-0.39, 0.29) is 5.38 Å². The van der Waals surface area contributed by atoms with Crippen molar-refractivity contribution in [3.05, 3.63) is 35.4 Å². The summed E-state index contributed by atoms with van der Waals surface area (Å²) in [6.45, 7) is 4.54. The van der Waals surface area contributed by atoms with E-state index in [0.29, 0.717) is 5.92 Å². The minimum absolute atomic E-state index is 0.213. The minimum Gasteiger partial charge on any atom is -0.118 e. The maximum Gasteiger partial charge on any atom is 0.0588 e. The summed E-state index contributed by atoms with van der Waals surface area (Å²) in [5, 5.41) is 0.213. The van der Waals surface area contributed by atoms with Crippen LogP contribution in [0.4, 0.5) is 0 Å². The summed E-state index contributed by atoms with van der Waals surface area (Å²) in [4.78, 5) is 0. The molecule has 0 saturated heterocycles. The Kier molecular flexibility index (Phi) is 4.40. The summed E-state index contributed by atoms with van der Waals surface area (Å²) < 4.78 is 0. The van der Waals surface area contributed by atoms with Gasteiger partial charge in [0.25, 0.3) is 0 Å². The van der Waals surface area contributed by atoms with Gasteiger partial charge in [0.05, 0.1) is 5.38 Å². The second-order valence-electron chi connectivity index (χ2n) is 7.11. The van der Waals surface area contributed by atoms with Gasteiger partial charge in [0.2, 0.25) is 0 Å². The van der Waals surface area contributed by atoms with Crippen LogP contribution >= 0.6 is 11.6 Å². The molecule has 0 radical (unpaired) electrons. The van der Waals surface area contributed by atoms with Crippen molar-refractivity contribution in [2.24, 2.45) is 17.8 Å². The maximum absolute atomic E-state index is 6.69. The van der Waals surface area contributed by atoms with Gasteiger partial charge in [-0.25, -0.2) is 0 Å². The second-order valence-corrected chi connectivity index (χ2v) is 7.64. The lowest BCUT2D eigenvalue weighted by atomic mass is 9.84. The Morgan fingerprint density at radius 2 is 1.80 bits per heavy atom. The van der Waals surface area contributed by atoms with Crippen LogP contribution in [0.2, 0.25) is 0 Å². The predicted molar refractivity (Wildman–Crippen MR) is 87.3 cm³/mol. The molecule has 5 atom stereocenters. The third kappa shape index (κ3) is 2.91.